The predicted octanol–water partition coefficient (Wildman–Crippen LogP) is 5.47. The summed E-state index contributed by atoms with van der Waals surface area (Å²) in [6.07, 6.45) is 0. The lowest BCUT2D eigenvalue weighted by atomic mass is 10.1. The van der Waals surface area contributed by atoms with E-state index in [0.717, 1.165) is 22.4 Å². The van der Waals surface area contributed by atoms with Crippen molar-refractivity contribution in [2.24, 2.45) is 0 Å². The molecule has 4 rings (SSSR count). The number of halogens is 2. The van der Waals surface area contributed by atoms with Crippen LogP contribution in [0.2, 0.25) is 10.0 Å². The summed E-state index contributed by atoms with van der Waals surface area (Å²) in [5.74, 6) is 1.31. The van der Waals surface area contributed by atoms with Gasteiger partial charge < -0.3 is 5.32 Å². The van der Waals surface area contributed by atoms with E-state index in [9.17, 15) is 13.2 Å². The maximum Gasteiger partial charge on any atom is 0.251 e. The SMILES string of the molecule is Cc1ccc(S(=O)(=O)N2CCN(Cc3cccc(C(=O)NCCSCc4c(Cl)cccc4Cl)c3)CC2)cc1. The van der Waals surface area contributed by atoms with Gasteiger partial charge in [-0.2, -0.15) is 16.1 Å². The fraction of sp³-hybridized carbons (Fsp3) is 0.321. The van der Waals surface area contributed by atoms with Gasteiger partial charge in [-0.3, -0.25) is 9.69 Å². The third kappa shape index (κ3) is 7.52. The molecule has 1 fully saturated rings. The highest BCUT2D eigenvalue weighted by Gasteiger charge is 2.28. The average molecular weight is 593 g/mol. The second-order valence-corrected chi connectivity index (χ2v) is 13.1. The maximum absolute atomic E-state index is 13.0. The fourth-order valence-electron chi connectivity index (χ4n) is 4.24. The summed E-state index contributed by atoms with van der Waals surface area (Å²) in [5.41, 5.74) is 3.58. The van der Waals surface area contributed by atoms with Gasteiger partial charge in [0.25, 0.3) is 5.91 Å². The van der Waals surface area contributed by atoms with Crippen molar-refractivity contribution in [3.63, 3.8) is 0 Å². The zero-order chi connectivity index (χ0) is 27.1. The molecule has 1 heterocycles. The molecule has 202 valence electrons. The first-order valence-corrected chi connectivity index (χ1v) is 15.8. The summed E-state index contributed by atoms with van der Waals surface area (Å²) in [6, 6.07) is 20.0. The van der Waals surface area contributed by atoms with E-state index in [4.69, 9.17) is 23.2 Å². The summed E-state index contributed by atoms with van der Waals surface area (Å²) in [5, 5.41) is 4.28. The van der Waals surface area contributed by atoms with Crippen molar-refractivity contribution in [1.29, 1.82) is 0 Å². The van der Waals surface area contributed by atoms with Gasteiger partial charge in [0.2, 0.25) is 10.0 Å². The Morgan fingerprint density at radius 2 is 1.61 bits per heavy atom. The van der Waals surface area contributed by atoms with Crippen LogP contribution >= 0.6 is 35.0 Å². The van der Waals surface area contributed by atoms with Gasteiger partial charge in [-0.25, -0.2) is 8.42 Å². The van der Waals surface area contributed by atoms with Crippen molar-refractivity contribution in [1.82, 2.24) is 14.5 Å². The highest BCUT2D eigenvalue weighted by Crippen LogP contribution is 2.28. The Hall–Kier alpha value is -2.07. The molecule has 0 bridgehead atoms. The molecule has 38 heavy (non-hydrogen) atoms. The normalized spacial score (nSPS) is 14.9. The number of sulfonamides is 1. The van der Waals surface area contributed by atoms with Gasteiger partial charge in [0.1, 0.15) is 0 Å². The second kappa shape index (κ2) is 13.3. The Labute approximate surface area is 239 Å². The molecule has 1 aliphatic rings. The Morgan fingerprint density at radius 1 is 0.947 bits per heavy atom. The Balaban J connectivity index is 1.23. The molecule has 0 aromatic heterocycles. The zero-order valence-electron chi connectivity index (χ0n) is 21.2. The quantitative estimate of drug-likeness (QED) is 0.316. The highest BCUT2D eigenvalue weighted by atomic mass is 35.5. The summed E-state index contributed by atoms with van der Waals surface area (Å²) in [4.78, 5) is 15.2. The number of thioether (sulfide) groups is 1. The monoisotopic (exact) mass is 591 g/mol. The zero-order valence-corrected chi connectivity index (χ0v) is 24.3. The van der Waals surface area contributed by atoms with Crippen molar-refractivity contribution >= 4 is 50.9 Å². The molecular weight excluding hydrogens is 561 g/mol. The van der Waals surface area contributed by atoms with E-state index in [1.54, 1.807) is 28.2 Å². The van der Waals surface area contributed by atoms with Gasteiger partial charge in [-0.05, 0) is 54.4 Å². The number of hydrogen-bond acceptors (Lipinski definition) is 5. The summed E-state index contributed by atoms with van der Waals surface area (Å²) >= 11 is 14.1. The molecule has 0 atom stereocenters. The van der Waals surface area contributed by atoms with Crippen molar-refractivity contribution < 1.29 is 13.2 Å². The smallest absolute Gasteiger partial charge is 0.251 e. The van der Waals surface area contributed by atoms with Gasteiger partial charge in [0.05, 0.1) is 4.90 Å². The molecule has 0 unspecified atom stereocenters. The van der Waals surface area contributed by atoms with E-state index >= 15 is 0 Å². The molecule has 1 amide bonds. The van der Waals surface area contributed by atoms with Crippen molar-refractivity contribution in [2.45, 2.75) is 24.1 Å². The number of nitrogens with zero attached hydrogens (tertiary/aromatic N) is 2. The topological polar surface area (TPSA) is 69.7 Å². The molecule has 0 aliphatic carbocycles. The molecule has 0 saturated carbocycles. The van der Waals surface area contributed by atoms with E-state index in [1.165, 1.54) is 0 Å². The first-order chi connectivity index (χ1) is 18.2. The lowest BCUT2D eigenvalue weighted by molar-refractivity contribution is 0.0956. The summed E-state index contributed by atoms with van der Waals surface area (Å²) in [6.45, 7) is 5.28. The standard InChI is InChI=1S/C28H31Cl2N3O3S2/c1-21-8-10-24(11-9-21)38(35,36)33-15-13-32(14-16-33)19-22-4-2-5-23(18-22)28(34)31-12-17-37-20-25-26(29)6-3-7-27(25)30/h2-11,18H,12-17,19-20H2,1H3,(H,31,34). The van der Waals surface area contributed by atoms with E-state index in [1.807, 2.05) is 61.5 Å². The van der Waals surface area contributed by atoms with Crippen LogP contribution in [0.3, 0.4) is 0 Å². The molecule has 3 aromatic rings. The van der Waals surface area contributed by atoms with Gasteiger partial charge in [-0.1, -0.05) is 59.1 Å². The number of rotatable bonds is 10. The summed E-state index contributed by atoms with van der Waals surface area (Å²) in [7, 11) is -3.49. The minimum Gasteiger partial charge on any atom is -0.351 e. The van der Waals surface area contributed by atoms with E-state index in [2.05, 4.69) is 10.2 Å². The van der Waals surface area contributed by atoms with Crippen LogP contribution in [0.25, 0.3) is 0 Å². The van der Waals surface area contributed by atoms with Gasteiger partial charge >= 0.3 is 0 Å². The molecule has 1 saturated heterocycles. The number of amides is 1. The first-order valence-electron chi connectivity index (χ1n) is 12.4. The molecular formula is C28H31Cl2N3O3S2. The van der Waals surface area contributed by atoms with Crippen LogP contribution in [-0.4, -0.2) is 62.0 Å². The van der Waals surface area contributed by atoms with Crippen LogP contribution in [0.5, 0.6) is 0 Å². The lowest BCUT2D eigenvalue weighted by Crippen LogP contribution is -2.48. The van der Waals surface area contributed by atoms with Crippen molar-refractivity contribution in [3.05, 3.63) is 99.0 Å². The van der Waals surface area contributed by atoms with E-state index < -0.39 is 10.0 Å². The minimum atomic E-state index is -3.49. The van der Waals surface area contributed by atoms with Gasteiger partial charge in [-0.15, -0.1) is 0 Å². The molecule has 3 aromatic carbocycles. The predicted molar refractivity (Wildman–Crippen MR) is 157 cm³/mol. The molecule has 10 heteroatoms. The lowest BCUT2D eigenvalue weighted by Gasteiger charge is -2.34. The van der Waals surface area contributed by atoms with Crippen LogP contribution in [0.4, 0.5) is 0 Å². The fourth-order valence-corrected chi connectivity index (χ4v) is 7.26. The van der Waals surface area contributed by atoms with E-state index in [-0.39, 0.29) is 5.91 Å². The maximum atomic E-state index is 13.0. The number of carbonyl (C=O) groups is 1. The summed E-state index contributed by atoms with van der Waals surface area (Å²) < 4.78 is 27.5. The molecule has 0 radical (unpaired) electrons. The van der Waals surface area contributed by atoms with Crippen LogP contribution in [0, 0.1) is 6.92 Å². The van der Waals surface area contributed by atoms with Crippen LogP contribution < -0.4 is 5.32 Å². The molecule has 1 aliphatic heterocycles. The third-order valence-electron chi connectivity index (χ3n) is 6.43. The molecule has 6 nitrogen and oxygen atoms in total. The van der Waals surface area contributed by atoms with E-state index in [0.29, 0.717) is 65.5 Å². The Morgan fingerprint density at radius 3 is 2.29 bits per heavy atom. The number of aryl methyl sites for hydroxylation is 1. The number of piperazine rings is 1. The van der Waals surface area contributed by atoms with Gasteiger partial charge in [0.15, 0.2) is 0 Å². The number of nitrogens with one attached hydrogen (secondary N) is 1. The molecule has 0 spiro atoms. The number of carbonyl (C=O) groups excluding carboxylic acids is 1. The average Bonchev–Trinajstić information content (AvgIpc) is 2.90. The number of benzene rings is 3. The second-order valence-electron chi connectivity index (χ2n) is 9.20. The Bertz CT molecular complexity index is 1340. The minimum absolute atomic E-state index is 0.114. The molecule has 1 N–H and O–H groups in total. The van der Waals surface area contributed by atoms with Gasteiger partial charge in [0, 0.05) is 66.4 Å². The van der Waals surface area contributed by atoms with Crippen LogP contribution in [-0.2, 0) is 22.3 Å². The third-order valence-corrected chi connectivity index (χ3v) is 10.0. The highest BCUT2D eigenvalue weighted by molar-refractivity contribution is 7.98. The number of hydrogen-bond donors (Lipinski definition) is 1. The largest absolute Gasteiger partial charge is 0.351 e. The van der Waals surface area contributed by atoms with Crippen molar-refractivity contribution in [3.8, 4) is 0 Å². The first kappa shape index (κ1) is 28.9. The van der Waals surface area contributed by atoms with Crippen LogP contribution in [0.15, 0.2) is 71.6 Å². The van der Waals surface area contributed by atoms with Crippen LogP contribution in [0.1, 0.15) is 27.0 Å². The van der Waals surface area contributed by atoms with Crippen molar-refractivity contribution in [2.75, 3.05) is 38.5 Å². The Kier molecular flexibility index (Phi) is 10.1.